The van der Waals surface area contributed by atoms with Gasteiger partial charge in [0.25, 0.3) is 0 Å². The molecule has 0 N–H and O–H groups in total. The van der Waals surface area contributed by atoms with E-state index in [0.29, 0.717) is 0 Å². The molecule has 0 aliphatic heterocycles. The van der Waals surface area contributed by atoms with Crippen molar-refractivity contribution in [3.63, 3.8) is 0 Å². The molecular formula is C49H40N2. The number of allylic oxidation sites excluding steroid dienone is 1. The molecule has 2 heteroatoms. The predicted octanol–water partition coefficient (Wildman–Crippen LogP) is 13.8. The summed E-state index contributed by atoms with van der Waals surface area (Å²) in [6.07, 6.45) is 5.53. The highest BCUT2D eigenvalue weighted by atomic mass is 15.1. The minimum absolute atomic E-state index is 1.02. The van der Waals surface area contributed by atoms with Gasteiger partial charge in [-0.05, 0) is 101 Å². The molecule has 8 rings (SSSR count). The predicted molar refractivity (Wildman–Crippen MR) is 218 cm³/mol. The van der Waals surface area contributed by atoms with Gasteiger partial charge in [0.15, 0.2) is 0 Å². The van der Waals surface area contributed by atoms with Crippen molar-refractivity contribution in [3.05, 3.63) is 199 Å². The molecule has 0 unspecified atom stereocenters. The lowest BCUT2D eigenvalue weighted by molar-refractivity contribution is 1.05. The number of rotatable bonds is 9. The van der Waals surface area contributed by atoms with Crippen molar-refractivity contribution >= 4 is 34.0 Å². The highest BCUT2D eigenvalue weighted by molar-refractivity contribution is 5.93. The Kier molecular flexibility index (Phi) is 8.89. The van der Waals surface area contributed by atoms with E-state index in [2.05, 4.69) is 217 Å². The van der Waals surface area contributed by atoms with E-state index in [0.717, 1.165) is 23.5 Å². The van der Waals surface area contributed by atoms with Gasteiger partial charge in [0.05, 0.1) is 5.52 Å². The van der Waals surface area contributed by atoms with Gasteiger partial charge < -0.3 is 9.47 Å². The van der Waals surface area contributed by atoms with E-state index >= 15 is 0 Å². The Hall–Kier alpha value is -6.38. The number of nitrogens with zero attached hydrogens (tertiary/aromatic N) is 2. The minimum atomic E-state index is 1.02. The van der Waals surface area contributed by atoms with Crippen LogP contribution in [-0.4, -0.2) is 4.57 Å². The summed E-state index contributed by atoms with van der Waals surface area (Å²) in [5.41, 5.74) is 15.5. The lowest BCUT2D eigenvalue weighted by atomic mass is 10.0. The van der Waals surface area contributed by atoms with Crippen LogP contribution in [0, 0.1) is 6.92 Å². The Labute approximate surface area is 301 Å². The average Bonchev–Trinajstić information content (AvgIpc) is 3.49. The number of hydrogen-bond donors (Lipinski definition) is 0. The molecule has 0 saturated heterocycles. The number of hydrogen-bond acceptors (Lipinski definition) is 1. The molecule has 2 nitrogen and oxygen atoms in total. The molecule has 1 heterocycles. The van der Waals surface area contributed by atoms with Crippen LogP contribution < -0.4 is 4.90 Å². The number of para-hydroxylation sites is 1. The molecule has 0 saturated carbocycles. The number of anilines is 3. The van der Waals surface area contributed by atoms with E-state index in [1.807, 2.05) is 0 Å². The average molecular weight is 657 g/mol. The third-order valence-corrected chi connectivity index (χ3v) is 9.73. The van der Waals surface area contributed by atoms with Crippen LogP contribution in [-0.2, 0) is 0 Å². The Bertz CT molecular complexity index is 2320. The molecule has 0 spiro atoms. The largest absolute Gasteiger partial charge is 0.313 e. The van der Waals surface area contributed by atoms with Crippen molar-refractivity contribution in [1.29, 1.82) is 0 Å². The number of aromatic nitrogens is 1. The van der Waals surface area contributed by atoms with Crippen LogP contribution in [0.2, 0.25) is 0 Å². The molecule has 0 bridgehead atoms. The summed E-state index contributed by atoms with van der Waals surface area (Å²) >= 11 is 0. The van der Waals surface area contributed by atoms with E-state index in [-0.39, 0.29) is 0 Å². The van der Waals surface area contributed by atoms with Gasteiger partial charge in [-0.1, -0.05) is 146 Å². The van der Waals surface area contributed by atoms with Crippen LogP contribution >= 0.6 is 0 Å². The van der Waals surface area contributed by atoms with Crippen LogP contribution in [0.4, 0.5) is 17.1 Å². The Morgan fingerprint density at radius 2 is 0.843 bits per heavy atom. The second kappa shape index (κ2) is 14.2. The summed E-state index contributed by atoms with van der Waals surface area (Å²) in [5, 5.41) is 1.29. The lowest BCUT2D eigenvalue weighted by Gasteiger charge is -2.26. The molecule has 7 aromatic carbocycles. The zero-order valence-corrected chi connectivity index (χ0v) is 29.1. The van der Waals surface area contributed by atoms with Crippen LogP contribution in [0.1, 0.15) is 24.6 Å². The lowest BCUT2D eigenvalue weighted by Crippen LogP contribution is -2.09. The van der Waals surface area contributed by atoms with Crippen molar-refractivity contribution in [3.8, 4) is 39.1 Å². The molecule has 0 amide bonds. The minimum Gasteiger partial charge on any atom is -0.313 e. The molecule has 8 aromatic rings. The topological polar surface area (TPSA) is 8.17 Å². The van der Waals surface area contributed by atoms with Crippen LogP contribution in [0.3, 0.4) is 0 Å². The van der Waals surface area contributed by atoms with E-state index in [1.54, 1.807) is 0 Å². The molecule has 246 valence electrons. The third kappa shape index (κ3) is 6.40. The van der Waals surface area contributed by atoms with Gasteiger partial charge in [-0.2, -0.15) is 0 Å². The second-order valence-electron chi connectivity index (χ2n) is 12.9. The first-order valence-electron chi connectivity index (χ1n) is 17.8. The molecule has 51 heavy (non-hydrogen) atoms. The van der Waals surface area contributed by atoms with Crippen molar-refractivity contribution in [2.45, 2.75) is 20.3 Å². The fraction of sp³-hybridized carbons (Fsp3) is 0.0612. The number of benzene rings is 7. The summed E-state index contributed by atoms with van der Waals surface area (Å²) in [6, 6.07) is 65.4. The van der Waals surface area contributed by atoms with Crippen molar-refractivity contribution in [2.75, 3.05) is 4.90 Å². The van der Waals surface area contributed by atoms with E-state index in [9.17, 15) is 0 Å². The maximum atomic E-state index is 2.38. The normalized spacial score (nSPS) is 11.3. The molecule has 0 aliphatic carbocycles. The van der Waals surface area contributed by atoms with Gasteiger partial charge in [0, 0.05) is 39.4 Å². The van der Waals surface area contributed by atoms with E-state index in [4.69, 9.17) is 0 Å². The van der Waals surface area contributed by atoms with Crippen molar-refractivity contribution in [1.82, 2.24) is 4.57 Å². The highest BCUT2D eigenvalue weighted by Crippen LogP contribution is 2.38. The SMILES string of the molecule is CC/C=C\c1c(C)n(-c2ccc(-c3ccc(N(c4ccc(-c5ccccc5)cc4)c4ccc(-c5ccccc5)cc4)cc3)cc2)c2ccccc12. The molecular weight excluding hydrogens is 617 g/mol. The van der Waals surface area contributed by atoms with Crippen LogP contribution in [0.5, 0.6) is 0 Å². The van der Waals surface area contributed by atoms with E-state index < -0.39 is 0 Å². The molecule has 0 radical (unpaired) electrons. The first-order valence-corrected chi connectivity index (χ1v) is 17.8. The molecule has 1 aromatic heterocycles. The monoisotopic (exact) mass is 656 g/mol. The van der Waals surface area contributed by atoms with Gasteiger partial charge in [-0.15, -0.1) is 0 Å². The van der Waals surface area contributed by atoms with Gasteiger partial charge in [-0.3, -0.25) is 0 Å². The maximum absolute atomic E-state index is 2.38. The zero-order valence-electron chi connectivity index (χ0n) is 29.1. The molecule has 0 atom stereocenters. The summed E-state index contributed by atoms with van der Waals surface area (Å²) < 4.78 is 2.38. The van der Waals surface area contributed by atoms with Crippen LogP contribution in [0.25, 0.3) is 56.0 Å². The second-order valence-corrected chi connectivity index (χ2v) is 12.9. The van der Waals surface area contributed by atoms with Gasteiger partial charge in [-0.25, -0.2) is 0 Å². The fourth-order valence-corrected chi connectivity index (χ4v) is 7.09. The Balaban J connectivity index is 1.12. The fourth-order valence-electron chi connectivity index (χ4n) is 7.09. The first-order chi connectivity index (χ1) is 25.2. The summed E-state index contributed by atoms with van der Waals surface area (Å²) in [4.78, 5) is 2.33. The summed E-state index contributed by atoms with van der Waals surface area (Å²) in [5.74, 6) is 0. The Morgan fingerprint density at radius 3 is 1.29 bits per heavy atom. The van der Waals surface area contributed by atoms with Crippen LogP contribution in [0.15, 0.2) is 188 Å². The van der Waals surface area contributed by atoms with Gasteiger partial charge >= 0.3 is 0 Å². The van der Waals surface area contributed by atoms with Crippen molar-refractivity contribution in [2.24, 2.45) is 0 Å². The number of fused-ring (bicyclic) bond motifs is 1. The zero-order chi connectivity index (χ0) is 34.6. The molecule has 0 aliphatic rings. The quantitative estimate of drug-likeness (QED) is 0.150. The first kappa shape index (κ1) is 31.9. The van der Waals surface area contributed by atoms with Gasteiger partial charge in [0.2, 0.25) is 0 Å². The highest BCUT2D eigenvalue weighted by Gasteiger charge is 2.15. The standard InChI is InChI=1S/C49H40N2/c1-3-4-17-47-36(2)50(49-19-12-11-18-48(47)49)43-28-20-41(21-29-43)42-26-34-46(35-27-42)51(44-30-22-39(23-31-44)37-13-7-5-8-14-37)45-32-24-40(25-33-45)38-15-9-6-10-16-38/h4-35H,3H2,1-2H3/b17-4-. The van der Waals surface area contributed by atoms with E-state index in [1.165, 1.54) is 61.2 Å². The van der Waals surface area contributed by atoms with Gasteiger partial charge in [0.1, 0.15) is 0 Å². The van der Waals surface area contributed by atoms with Crippen molar-refractivity contribution < 1.29 is 0 Å². The Morgan fingerprint density at radius 1 is 0.451 bits per heavy atom. The summed E-state index contributed by atoms with van der Waals surface area (Å²) in [6.45, 7) is 4.40. The third-order valence-electron chi connectivity index (χ3n) is 9.73. The molecule has 0 fully saturated rings. The summed E-state index contributed by atoms with van der Waals surface area (Å²) in [7, 11) is 0. The maximum Gasteiger partial charge on any atom is 0.0537 e. The smallest absolute Gasteiger partial charge is 0.0537 e.